The van der Waals surface area contributed by atoms with Crippen LogP contribution >= 0.6 is 0 Å². The summed E-state index contributed by atoms with van der Waals surface area (Å²) in [6, 6.07) is 0.103. The Morgan fingerprint density at radius 2 is 0.521 bits per heavy atom. The first kappa shape index (κ1) is 86.4. The fourth-order valence-corrected chi connectivity index (χ4v) is 17.5. The number of hydrogen-bond donors (Lipinski definition) is 4. The quantitative estimate of drug-likeness (QED) is 0.0449. The molecule has 10 atom stereocenters. The molecule has 8 nitrogen and oxygen atoms in total. The second-order valence-corrected chi connectivity index (χ2v) is 32.2. The van der Waals surface area contributed by atoms with Gasteiger partial charge in [0.25, 0.3) is 0 Å². The van der Waals surface area contributed by atoms with Gasteiger partial charge in [0.1, 0.15) is 11.6 Å². The van der Waals surface area contributed by atoms with Crippen molar-refractivity contribution in [2.75, 3.05) is 0 Å². The van der Waals surface area contributed by atoms with Gasteiger partial charge >= 0.3 is 0 Å². The molecule has 94 heavy (non-hydrogen) atoms. The van der Waals surface area contributed by atoms with E-state index in [0.29, 0.717) is 49.1 Å². The van der Waals surface area contributed by atoms with Gasteiger partial charge in [0.15, 0.2) is 0 Å². The molecule has 3 rings (SSSR count). The largest absolute Gasteiger partial charge is 0.393 e. The van der Waals surface area contributed by atoms with E-state index in [0.717, 1.165) is 165 Å². The van der Waals surface area contributed by atoms with E-state index in [4.69, 9.17) is 0 Å². The standard InChI is InChI=1S/C86H162N2O6/c1-5-9-13-17-27-37-53-73-69-75(55-39-33-35-46-64-82(92)72-78-58-50-49-57-77(78)71-81(91)63-45-31-25-20-19-23-29-43-61-79(89)59-41-15-11-7-3)76(70-74(73)54-38-28-18-14-10-6-2)56-40-34-36-48-68-86(94)88-84-66-52-51-65-83(84)87-85(93)67-47-32-26-22-21-24-30-44-62-80(90)60-42-16-12-8-4/h73-80,83-84,89-90H,5-72H2,1-4H3,(H,87,93)(H,88,94)/t73?,74?,75?,76?,77-,78-,79?,80?,83-,84-/m0/s1. The van der Waals surface area contributed by atoms with Crippen LogP contribution in [0.25, 0.3) is 0 Å². The molecule has 0 aromatic carbocycles. The molecule has 0 radical (unpaired) electrons. The van der Waals surface area contributed by atoms with Gasteiger partial charge in [0.2, 0.25) is 11.8 Å². The average molecular weight is 1320 g/mol. The van der Waals surface area contributed by atoms with Crippen molar-refractivity contribution < 1.29 is 29.4 Å². The molecule has 3 saturated carbocycles. The third-order valence-corrected chi connectivity index (χ3v) is 23.6. The lowest BCUT2D eigenvalue weighted by Crippen LogP contribution is -2.53. The van der Waals surface area contributed by atoms with Crippen molar-refractivity contribution in [3.8, 4) is 0 Å². The number of aliphatic hydroxyl groups is 2. The van der Waals surface area contributed by atoms with Gasteiger partial charge in [0.05, 0.1) is 12.2 Å². The van der Waals surface area contributed by atoms with Crippen molar-refractivity contribution in [3.05, 3.63) is 0 Å². The highest BCUT2D eigenvalue weighted by Crippen LogP contribution is 2.47. The lowest BCUT2D eigenvalue weighted by atomic mass is 9.63. The fourth-order valence-electron chi connectivity index (χ4n) is 17.5. The lowest BCUT2D eigenvalue weighted by Gasteiger charge is -2.42. The molecule has 0 heterocycles. The van der Waals surface area contributed by atoms with Gasteiger partial charge in [-0.3, -0.25) is 19.2 Å². The summed E-state index contributed by atoms with van der Waals surface area (Å²) < 4.78 is 0. The van der Waals surface area contributed by atoms with Crippen LogP contribution < -0.4 is 10.6 Å². The van der Waals surface area contributed by atoms with Crippen molar-refractivity contribution >= 4 is 23.4 Å². The fraction of sp³-hybridized carbons (Fsp3) is 0.953. The summed E-state index contributed by atoms with van der Waals surface area (Å²) in [6.45, 7) is 9.13. The summed E-state index contributed by atoms with van der Waals surface area (Å²) in [5.41, 5.74) is 0. The predicted octanol–water partition coefficient (Wildman–Crippen LogP) is 25.2. The second-order valence-electron chi connectivity index (χ2n) is 32.2. The van der Waals surface area contributed by atoms with Gasteiger partial charge in [-0.1, -0.05) is 336 Å². The molecule has 0 aromatic rings. The monoisotopic (exact) mass is 1320 g/mol. The number of nitrogens with one attached hydrogen (secondary N) is 2. The van der Waals surface area contributed by atoms with Crippen LogP contribution in [0.3, 0.4) is 0 Å². The first-order valence-corrected chi connectivity index (χ1v) is 43.0. The molecule has 0 aromatic heterocycles. The molecule has 3 aliphatic carbocycles. The number of carbonyl (C=O) groups excluding carboxylic acids is 4. The van der Waals surface area contributed by atoms with Gasteiger partial charge < -0.3 is 20.8 Å². The Morgan fingerprint density at radius 3 is 0.819 bits per heavy atom. The zero-order valence-corrected chi connectivity index (χ0v) is 63.4. The smallest absolute Gasteiger partial charge is 0.220 e. The Morgan fingerprint density at radius 1 is 0.287 bits per heavy atom. The molecule has 2 amide bonds. The summed E-state index contributed by atoms with van der Waals surface area (Å²) >= 11 is 0. The van der Waals surface area contributed by atoms with E-state index in [1.54, 1.807) is 0 Å². The number of carbonyl (C=O) groups is 4. The number of unbranched alkanes of at least 4 members (excludes halogenated alkanes) is 36. The third-order valence-electron chi connectivity index (χ3n) is 23.6. The number of rotatable bonds is 66. The molecule has 3 fully saturated rings. The van der Waals surface area contributed by atoms with Crippen LogP contribution in [-0.2, 0) is 19.2 Å². The minimum absolute atomic E-state index is 0.0507. The number of ketones is 2. The van der Waals surface area contributed by atoms with Crippen molar-refractivity contribution in [1.29, 1.82) is 0 Å². The van der Waals surface area contributed by atoms with Crippen LogP contribution in [-0.4, -0.2) is 57.9 Å². The summed E-state index contributed by atoms with van der Waals surface area (Å²) in [7, 11) is 0. The van der Waals surface area contributed by atoms with Crippen molar-refractivity contribution in [2.24, 2.45) is 35.5 Å². The van der Waals surface area contributed by atoms with Crippen LogP contribution in [0.15, 0.2) is 0 Å². The zero-order valence-electron chi connectivity index (χ0n) is 63.4. The maximum absolute atomic E-state index is 13.6. The molecular formula is C86H162N2O6. The molecule has 0 saturated heterocycles. The van der Waals surface area contributed by atoms with Gasteiger partial charge in [-0.05, 0) is 125 Å². The Kier molecular flexibility index (Phi) is 56.2. The van der Waals surface area contributed by atoms with Gasteiger partial charge in [-0.15, -0.1) is 0 Å². The predicted molar refractivity (Wildman–Crippen MR) is 403 cm³/mol. The lowest BCUT2D eigenvalue weighted by molar-refractivity contribution is -0.125. The van der Waals surface area contributed by atoms with E-state index in [-0.39, 0.29) is 36.1 Å². The average Bonchev–Trinajstić information content (AvgIpc) is 0.930. The highest BCUT2D eigenvalue weighted by atomic mass is 16.3. The molecule has 4 N–H and O–H groups in total. The topological polar surface area (TPSA) is 133 Å². The van der Waals surface area contributed by atoms with Crippen LogP contribution in [0.1, 0.15) is 464 Å². The van der Waals surface area contributed by atoms with Gasteiger partial charge in [0, 0.05) is 50.6 Å². The van der Waals surface area contributed by atoms with Crippen LogP contribution in [0.2, 0.25) is 0 Å². The molecule has 8 heteroatoms. The van der Waals surface area contributed by atoms with Crippen LogP contribution in [0, 0.1) is 35.5 Å². The van der Waals surface area contributed by atoms with Gasteiger partial charge in [-0.25, -0.2) is 0 Å². The Bertz CT molecular complexity index is 1630. The molecule has 0 aliphatic heterocycles. The van der Waals surface area contributed by atoms with E-state index in [1.165, 1.54) is 270 Å². The summed E-state index contributed by atoms with van der Waals surface area (Å²) in [6.07, 6.45) is 79.7. The molecule has 3 aliphatic rings. The molecular weight excluding hydrogens is 1160 g/mol. The Labute approximate surface area is 584 Å². The van der Waals surface area contributed by atoms with E-state index in [9.17, 15) is 29.4 Å². The number of amides is 2. The highest BCUT2D eigenvalue weighted by Gasteiger charge is 2.36. The Balaban J connectivity index is 1.38. The second kappa shape index (κ2) is 61.1. The first-order chi connectivity index (χ1) is 46.1. The van der Waals surface area contributed by atoms with E-state index >= 15 is 0 Å². The van der Waals surface area contributed by atoms with E-state index in [2.05, 4.69) is 38.3 Å². The number of Topliss-reactive ketones (excluding diaryl/α,β-unsaturated/α-hetero) is 2. The maximum atomic E-state index is 13.6. The van der Waals surface area contributed by atoms with Crippen molar-refractivity contribution in [3.63, 3.8) is 0 Å². The van der Waals surface area contributed by atoms with E-state index < -0.39 is 0 Å². The Hall–Kier alpha value is -1.80. The van der Waals surface area contributed by atoms with Crippen LogP contribution in [0.5, 0.6) is 0 Å². The molecule has 0 bridgehead atoms. The van der Waals surface area contributed by atoms with E-state index in [1.807, 2.05) is 0 Å². The highest BCUT2D eigenvalue weighted by molar-refractivity contribution is 5.80. The van der Waals surface area contributed by atoms with Crippen LogP contribution in [0.4, 0.5) is 0 Å². The third kappa shape index (κ3) is 46.5. The number of aliphatic hydroxyl groups excluding tert-OH is 2. The molecule has 6 unspecified atom stereocenters. The van der Waals surface area contributed by atoms with Crippen molar-refractivity contribution in [2.45, 2.75) is 489 Å². The number of hydrogen-bond acceptors (Lipinski definition) is 6. The maximum Gasteiger partial charge on any atom is 0.220 e. The minimum Gasteiger partial charge on any atom is -0.393 e. The zero-order chi connectivity index (χ0) is 67.6. The van der Waals surface area contributed by atoms with Crippen molar-refractivity contribution in [1.82, 2.24) is 10.6 Å². The minimum atomic E-state index is -0.112. The summed E-state index contributed by atoms with van der Waals surface area (Å²) in [4.78, 5) is 53.4. The SMILES string of the molecule is CCCCCCCCC1CC(CCCCCCC(=O)C[C@@H]2CCCC[C@H]2CC(=O)CCCCCCCCCCC(O)CCCCCC)C(CCCCCCC(=O)N[C@H]2CCCC[C@@H]2NC(=O)CCCCCCCCCCC(O)CCCCCC)CC1CCCCCCCC. The first-order valence-electron chi connectivity index (χ1n) is 43.0. The molecule has 0 spiro atoms. The summed E-state index contributed by atoms with van der Waals surface area (Å²) in [5, 5.41) is 27.3. The van der Waals surface area contributed by atoms with Gasteiger partial charge in [-0.2, -0.15) is 0 Å². The normalized spacial score (nSPS) is 21.5. The summed E-state index contributed by atoms with van der Waals surface area (Å²) in [5.74, 6) is 5.46. The molecule has 552 valence electrons.